The molecule has 1 rings (SSSR count). The fourth-order valence-corrected chi connectivity index (χ4v) is 2.00. The molecule has 1 heterocycles. The lowest BCUT2D eigenvalue weighted by atomic mass is 10.1. The SMILES string of the molecule is CC(N)CN1CC(C)NC(C)C1.Cl. The van der Waals surface area contributed by atoms with Gasteiger partial charge in [0.25, 0.3) is 0 Å². The van der Waals surface area contributed by atoms with Gasteiger partial charge in [-0.25, -0.2) is 0 Å². The highest BCUT2D eigenvalue weighted by Crippen LogP contribution is 2.03. The van der Waals surface area contributed by atoms with E-state index in [4.69, 9.17) is 5.73 Å². The normalized spacial score (nSPS) is 32.3. The Bertz CT molecular complexity index is 128. The van der Waals surface area contributed by atoms with Crippen LogP contribution >= 0.6 is 12.4 Å². The zero-order valence-electron chi connectivity index (χ0n) is 8.79. The van der Waals surface area contributed by atoms with Crippen molar-refractivity contribution in [2.24, 2.45) is 5.73 Å². The maximum atomic E-state index is 5.75. The molecule has 0 aromatic carbocycles. The van der Waals surface area contributed by atoms with E-state index < -0.39 is 0 Å². The van der Waals surface area contributed by atoms with Crippen molar-refractivity contribution in [3.8, 4) is 0 Å². The summed E-state index contributed by atoms with van der Waals surface area (Å²) in [6, 6.07) is 1.50. The molecule has 1 fully saturated rings. The number of piperazine rings is 1. The van der Waals surface area contributed by atoms with Gasteiger partial charge in [0.2, 0.25) is 0 Å². The number of halogens is 1. The summed E-state index contributed by atoms with van der Waals surface area (Å²) in [6.45, 7) is 9.80. The van der Waals surface area contributed by atoms with Gasteiger partial charge in [-0.1, -0.05) is 0 Å². The number of hydrogen-bond acceptors (Lipinski definition) is 3. The second-order valence-electron chi connectivity index (χ2n) is 4.16. The van der Waals surface area contributed by atoms with E-state index in [0.29, 0.717) is 18.1 Å². The Kier molecular flexibility index (Phi) is 5.88. The Morgan fingerprint density at radius 3 is 2.23 bits per heavy atom. The van der Waals surface area contributed by atoms with E-state index >= 15 is 0 Å². The second kappa shape index (κ2) is 5.81. The largest absolute Gasteiger partial charge is 0.327 e. The van der Waals surface area contributed by atoms with Crippen molar-refractivity contribution < 1.29 is 0 Å². The molecule has 0 aromatic heterocycles. The minimum absolute atomic E-state index is 0. The third-order valence-electron chi connectivity index (χ3n) is 2.18. The van der Waals surface area contributed by atoms with Crippen LogP contribution in [0.25, 0.3) is 0 Å². The summed E-state index contributed by atoms with van der Waals surface area (Å²) in [5.41, 5.74) is 5.75. The van der Waals surface area contributed by atoms with Gasteiger partial charge in [0.05, 0.1) is 0 Å². The van der Waals surface area contributed by atoms with Crippen molar-refractivity contribution in [1.82, 2.24) is 10.2 Å². The van der Waals surface area contributed by atoms with Crippen LogP contribution in [0, 0.1) is 0 Å². The monoisotopic (exact) mass is 207 g/mol. The van der Waals surface area contributed by atoms with Crippen LogP contribution in [0.5, 0.6) is 0 Å². The predicted molar refractivity (Wildman–Crippen MR) is 59.4 cm³/mol. The fraction of sp³-hybridized carbons (Fsp3) is 1.00. The van der Waals surface area contributed by atoms with Gasteiger partial charge in [-0.2, -0.15) is 0 Å². The predicted octanol–water partition coefficient (Wildman–Crippen LogP) is 0.438. The standard InChI is InChI=1S/C9H21N3.ClH/c1-7(10)4-12-5-8(2)11-9(3)6-12;/h7-9,11H,4-6,10H2,1-3H3;1H. The van der Waals surface area contributed by atoms with Crippen molar-refractivity contribution in [1.29, 1.82) is 0 Å². The highest BCUT2D eigenvalue weighted by molar-refractivity contribution is 5.85. The van der Waals surface area contributed by atoms with Crippen LogP contribution in [0.15, 0.2) is 0 Å². The number of nitrogens with two attached hydrogens (primary N) is 1. The van der Waals surface area contributed by atoms with Crippen LogP contribution < -0.4 is 11.1 Å². The molecule has 0 radical (unpaired) electrons. The van der Waals surface area contributed by atoms with E-state index in [0.717, 1.165) is 19.6 Å². The number of rotatable bonds is 2. The third kappa shape index (κ3) is 4.81. The lowest BCUT2D eigenvalue weighted by Gasteiger charge is -2.36. The quantitative estimate of drug-likeness (QED) is 0.691. The molecule has 1 saturated heterocycles. The zero-order valence-corrected chi connectivity index (χ0v) is 9.60. The first-order valence-corrected chi connectivity index (χ1v) is 4.82. The Morgan fingerprint density at radius 1 is 1.38 bits per heavy atom. The molecule has 0 saturated carbocycles. The fourth-order valence-electron chi connectivity index (χ4n) is 2.00. The molecule has 0 spiro atoms. The van der Waals surface area contributed by atoms with Crippen molar-refractivity contribution in [2.75, 3.05) is 19.6 Å². The van der Waals surface area contributed by atoms with Gasteiger partial charge >= 0.3 is 0 Å². The molecule has 0 bridgehead atoms. The molecule has 0 amide bonds. The second-order valence-corrected chi connectivity index (χ2v) is 4.16. The Morgan fingerprint density at radius 2 is 1.85 bits per heavy atom. The minimum atomic E-state index is 0. The summed E-state index contributed by atoms with van der Waals surface area (Å²) in [5, 5.41) is 3.50. The number of nitrogens with one attached hydrogen (secondary N) is 1. The van der Waals surface area contributed by atoms with Crippen LogP contribution in [0.2, 0.25) is 0 Å². The van der Waals surface area contributed by atoms with Gasteiger partial charge in [0.1, 0.15) is 0 Å². The lowest BCUT2D eigenvalue weighted by molar-refractivity contribution is 0.167. The first-order chi connectivity index (χ1) is 5.58. The summed E-state index contributed by atoms with van der Waals surface area (Å²) < 4.78 is 0. The first kappa shape index (κ1) is 13.2. The molecule has 0 aliphatic carbocycles. The lowest BCUT2D eigenvalue weighted by Crippen LogP contribution is -2.56. The van der Waals surface area contributed by atoms with Gasteiger partial charge in [-0.15, -0.1) is 12.4 Å². The van der Waals surface area contributed by atoms with Gasteiger partial charge in [-0.05, 0) is 20.8 Å². The van der Waals surface area contributed by atoms with Crippen molar-refractivity contribution in [2.45, 2.75) is 38.9 Å². The van der Waals surface area contributed by atoms with Crippen LogP contribution in [0.3, 0.4) is 0 Å². The van der Waals surface area contributed by atoms with E-state index in [-0.39, 0.29) is 12.4 Å². The molecule has 0 aromatic rings. The topological polar surface area (TPSA) is 41.3 Å². The summed E-state index contributed by atoms with van der Waals surface area (Å²) in [6.07, 6.45) is 0. The van der Waals surface area contributed by atoms with E-state index in [1.54, 1.807) is 0 Å². The molecule has 3 N–H and O–H groups in total. The zero-order chi connectivity index (χ0) is 9.14. The highest BCUT2D eigenvalue weighted by atomic mass is 35.5. The minimum Gasteiger partial charge on any atom is -0.327 e. The van der Waals surface area contributed by atoms with Gasteiger partial charge in [-0.3, -0.25) is 4.90 Å². The van der Waals surface area contributed by atoms with Crippen LogP contribution in [-0.4, -0.2) is 42.7 Å². The van der Waals surface area contributed by atoms with E-state index in [2.05, 4.69) is 31.0 Å². The molecule has 3 atom stereocenters. The van der Waals surface area contributed by atoms with Crippen LogP contribution in [0.4, 0.5) is 0 Å². The third-order valence-corrected chi connectivity index (χ3v) is 2.18. The summed E-state index contributed by atoms with van der Waals surface area (Å²) in [5.74, 6) is 0. The molecular formula is C9H22ClN3. The molecule has 1 aliphatic rings. The Hall–Kier alpha value is 0.170. The average Bonchev–Trinajstić information content (AvgIpc) is 1.81. The Labute approximate surface area is 87.5 Å². The van der Waals surface area contributed by atoms with Crippen LogP contribution in [-0.2, 0) is 0 Å². The Balaban J connectivity index is 0.00000144. The molecule has 1 aliphatic heterocycles. The molecule has 3 unspecified atom stereocenters. The van der Waals surface area contributed by atoms with Crippen molar-refractivity contribution in [3.05, 3.63) is 0 Å². The molecule has 13 heavy (non-hydrogen) atoms. The van der Waals surface area contributed by atoms with Gasteiger partial charge < -0.3 is 11.1 Å². The summed E-state index contributed by atoms with van der Waals surface area (Å²) >= 11 is 0. The van der Waals surface area contributed by atoms with Gasteiger partial charge in [0.15, 0.2) is 0 Å². The molecular weight excluding hydrogens is 186 g/mol. The molecule has 80 valence electrons. The maximum absolute atomic E-state index is 5.75. The molecule has 4 heteroatoms. The number of nitrogens with zero attached hydrogens (tertiary/aromatic N) is 1. The molecule has 3 nitrogen and oxygen atoms in total. The highest BCUT2D eigenvalue weighted by Gasteiger charge is 2.20. The summed E-state index contributed by atoms with van der Waals surface area (Å²) in [7, 11) is 0. The summed E-state index contributed by atoms with van der Waals surface area (Å²) in [4.78, 5) is 2.44. The average molecular weight is 208 g/mol. The first-order valence-electron chi connectivity index (χ1n) is 4.82. The maximum Gasteiger partial charge on any atom is 0.0169 e. The van der Waals surface area contributed by atoms with Crippen LogP contribution in [0.1, 0.15) is 20.8 Å². The number of hydrogen-bond donors (Lipinski definition) is 2. The van der Waals surface area contributed by atoms with Crippen molar-refractivity contribution >= 4 is 12.4 Å². The van der Waals surface area contributed by atoms with Crippen molar-refractivity contribution in [3.63, 3.8) is 0 Å². The van der Waals surface area contributed by atoms with E-state index in [1.807, 2.05) is 0 Å². The van der Waals surface area contributed by atoms with E-state index in [9.17, 15) is 0 Å². The van der Waals surface area contributed by atoms with E-state index in [1.165, 1.54) is 0 Å². The van der Waals surface area contributed by atoms with Gasteiger partial charge in [0, 0.05) is 37.8 Å². The smallest absolute Gasteiger partial charge is 0.0169 e.